The molecular formula is C6H7N3O3. The third kappa shape index (κ3) is 1.42. The minimum absolute atomic E-state index is 0.0346. The van der Waals surface area contributed by atoms with Gasteiger partial charge in [0, 0.05) is 0 Å². The van der Waals surface area contributed by atoms with Crippen molar-refractivity contribution in [2.45, 2.75) is 0 Å². The molecular weight excluding hydrogens is 162 g/mol. The zero-order valence-electron chi connectivity index (χ0n) is 6.33. The lowest BCUT2D eigenvalue weighted by atomic mass is 10.3. The lowest BCUT2D eigenvalue weighted by molar-refractivity contribution is 0.0598. The number of methoxy groups -OCH3 is 1. The van der Waals surface area contributed by atoms with Gasteiger partial charge >= 0.3 is 5.97 Å². The highest BCUT2D eigenvalue weighted by Crippen LogP contribution is 1.91. The van der Waals surface area contributed by atoms with Gasteiger partial charge in [0.05, 0.1) is 13.3 Å². The maximum absolute atomic E-state index is 11.0. The molecule has 1 rings (SSSR count). The number of nitrogens with one attached hydrogen (secondary N) is 1. The fraction of sp³-hybridized carbons (Fsp3) is 0.167. The number of H-pyrrole nitrogens is 1. The van der Waals surface area contributed by atoms with Crippen molar-refractivity contribution >= 4 is 11.9 Å². The second-order valence-electron chi connectivity index (χ2n) is 2.00. The Balaban J connectivity index is 3.19. The SMILES string of the molecule is COC(=O)c1cnc(N)[nH]c1=O. The maximum Gasteiger partial charge on any atom is 0.345 e. The predicted octanol–water partition coefficient (Wildman–Crippen LogP) is -0.861. The number of hydrogen-bond donors (Lipinski definition) is 2. The van der Waals surface area contributed by atoms with Crippen LogP contribution in [0.1, 0.15) is 10.4 Å². The standard InChI is InChI=1S/C6H7N3O3/c1-12-5(11)3-2-8-6(7)9-4(3)10/h2H,1H3,(H3,7,8,9,10). The fourth-order valence-corrected chi connectivity index (χ4v) is 0.664. The number of hydrogen-bond acceptors (Lipinski definition) is 5. The van der Waals surface area contributed by atoms with E-state index in [0.29, 0.717) is 0 Å². The number of carbonyl (C=O) groups is 1. The Morgan fingerprint density at radius 2 is 2.42 bits per heavy atom. The van der Waals surface area contributed by atoms with Crippen molar-refractivity contribution in [1.82, 2.24) is 9.97 Å². The van der Waals surface area contributed by atoms with Crippen molar-refractivity contribution in [3.63, 3.8) is 0 Å². The highest BCUT2D eigenvalue weighted by atomic mass is 16.5. The van der Waals surface area contributed by atoms with Crippen LogP contribution < -0.4 is 11.3 Å². The minimum atomic E-state index is -0.733. The zero-order chi connectivity index (χ0) is 9.14. The molecule has 0 radical (unpaired) electrons. The molecule has 0 aliphatic heterocycles. The second kappa shape index (κ2) is 3.04. The number of carbonyl (C=O) groups excluding carboxylic acids is 1. The van der Waals surface area contributed by atoms with Gasteiger partial charge in [0.2, 0.25) is 0 Å². The van der Waals surface area contributed by atoms with Crippen LogP contribution in [0.4, 0.5) is 5.95 Å². The number of ether oxygens (including phenoxy) is 1. The van der Waals surface area contributed by atoms with Gasteiger partial charge in [-0.15, -0.1) is 0 Å². The van der Waals surface area contributed by atoms with Crippen LogP contribution in [0.15, 0.2) is 11.0 Å². The molecule has 6 heteroatoms. The Morgan fingerprint density at radius 1 is 1.75 bits per heavy atom. The number of anilines is 1. The summed E-state index contributed by atoms with van der Waals surface area (Å²) in [6.07, 6.45) is 1.07. The molecule has 0 spiro atoms. The van der Waals surface area contributed by atoms with Crippen LogP contribution in [0, 0.1) is 0 Å². The smallest absolute Gasteiger partial charge is 0.345 e. The van der Waals surface area contributed by atoms with Crippen LogP contribution in [-0.2, 0) is 4.74 Å². The Labute approximate surface area is 67.4 Å². The summed E-state index contributed by atoms with van der Waals surface area (Å²) in [5.74, 6) is -0.767. The topological polar surface area (TPSA) is 98.1 Å². The van der Waals surface area contributed by atoms with Crippen LogP contribution >= 0.6 is 0 Å². The molecule has 0 atom stereocenters. The Morgan fingerprint density at radius 3 is 2.92 bits per heavy atom. The number of nitrogens with zero attached hydrogens (tertiary/aromatic N) is 1. The van der Waals surface area contributed by atoms with Crippen LogP contribution in [0.2, 0.25) is 0 Å². The predicted molar refractivity (Wildman–Crippen MR) is 40.6 cm³/mol. The molecule has 0 saturated carbocycles. The third-order valence-electron chi connectivity index (χ3n) is 1.22. The number of esters is 1. The van der Waals surface area contributed by atoms with Crippen LogP contribution in [0.3, 0.4) is 0 Å². The molecule has 1 heterocycles. The van der Waals surface area contributed by atoms with E-state index in [1.165, 1.54) is 7.11 Å². The van der Waals surface area contributed by atoms with Gasteiger partial charge in [-0.25, -0.2) is 9.78 Å². The van der Waals surface area contributed by atoms with E-state index in [9.17, 15) is 9.59 Å². The number of aromatic nitrogens is 2. The lowest BCUT2D eigenvalue weighted by Gasteiger charge is -1.96. The summed E-state index contributed by atoms with van der Waals surface area (Å²) in [6, 6.07) is 0. The number of aromatic amines is 1. The van der Waals surface area contributed by atoms with Crippen molar-refractivity contribution in [2.75, 3.05) is 12.8 Å². The van der Waals surface area contributed by atoms with E-state index in [4.69, 9.17) is 5.73 Å². The van der Waals surface area contributed by atoms with Crippen LogP contribution in [0.5, 0.6) is 0 Å². The molecule has 1 aromatic heterocycles. The molecule has 0 bridgehead atoms. The van der Waals surface area contributed by atoms with Gasteiger partial charge in [-0.2, -0.15) is 0 Å². The van der Waals surface area contributed by atoms with E-state index >= 15 is 0 Å². The van der Waals surface area contributed by atoms with E-state index in [0.717, 1.165) is 6.20 Å². The first-order valence-corrected chi connectivity index (χ1v) is 3.08. The lowest BCUT2D eigenvalue weighted by Crippen LogP contribution is -2.20. The number of nitrogens with two attached hydrogens (primary N) is 1. The van der Waals surface area contributed by atoms with Crippen molar-refractivity contribution in [2.24, 2.45) is 0 Å². The normalized spacial score (nSPS) is 9.42. The van der Waals surface area contributed by atoms with Crippen LogP contribution in [0.25, 0.3) is 0 Å². The molecule has 0 amide bonds. The average Bonchev–Trinajstić information content (AvgIpc) is 2.03. The van der Waals surface area contributed by atoms with Gasteiger partial charge in [0.15, 0.2) is 5.95 Å². The molecule has 12 heavy (non-hydrogen) atoms. The summed E-state index contributed by atoms with van der Waals surface area (Å²) in [4.78, 5) is 27.5. The molecule has 0 saturated heterocycles. The summed E-state index contributed by atoms with van der Waals surface area (Å²) in [7, 11) is 1.18. The van der Waals surface area contributed by atoms with Gasteiger partial charge in [-0.1, -0.05) is 0 Å². The Kier molecular flexibility index (Phi) is 2.09. The van der Waals surface area contributed by atoms with Crippen molar-refractivity contribution in [3.8, 4) is 0 Å². The summed E-state index contributed by atoms with van der Waals surface area (Å²) >= 11 is 0. The summed E-state index contributed by atoms with van der Waals surface area (Å²) < 4.78 is 4.32. The summed E-state index contributed by atoms with van der Waals surface area (Å²) in [5.41, 5.74) is 4.39. The monoisotopic (exact) mass is 169 g/mol. The molecule has 0 aromatic carbocycles. The first kappa shape index (κ1) is 8.25. The Bertz CT molecular complexity index is 357. The maximum atomic E-state index is 11.0. The van der Waals surface area contributed by atoms with Gasteiger partial charge in [0.1, 0.15) is 5.56 Å². The molecule has 0 aliphatic carbocycles. The second-order valence-corrected chi connectivity index (χ2v) is 2.00. The first-order chi connectivity index (χ1) is 5.65. The highest BCUT2D eigenvalue weighted by Gasteiger charge is 2.10. The summed E-state index contributed by atoms with van der Waals surface area (Å²) in [5, 5.41) is 0. The minimum Gasteiger partial charge on any atom is -0.465 e. The molecule has 0 unspecified atom stereocenters. The van der Waals surface area contributed by atoms with E-state index in [1.807, 2.05) is 0 Å². The van der Waals surface area contributed by atoms with Gasteiger partial charge < -0.3 is 10.5 Å². The van der Waals surface area contributed by atoms with E-state index in [-0.39, 0.29) is 11.5 Å². The molecule has 64 valence electrons. The Hall–Kier alpha value is -1.85. The van der Waals surface area contributed by atoms with E-state index in [1.54, 1.807) is 0 Å². The van der Waals surface area contributed by atoms with E-state index < -0.39 is 11.5 Å². The summed E-state index contributed by atoms with van der Waals surface area (Å²) in [6.45, 7) is 0. The quantitative estimate of drug-likeness (QED) is 0.533. The first-order valence-electron chi connectivity index (χ1n) is 3.08. The average molecular weight is 169 g/mol. The molecule has 6 nitrogen and oxygen atoms in total. The van der Waals surface area contributed by atoms with Crippen molar-refractivity contribution < 1.29 is 9.53 Å². The van der Waals surface area contributed by atoms with Crippen LogP contribution in [-0.4, -0.2) is 23.0 Å². The van der Waals surface area contributed by atoms with Gasteiger partial charge in [-0.05, 0) is 0 Å². The van der Waals surface area contributed by atoms with Gasteiger partial charge in [0.25, 0.3) is 5.56 Å². The molecule has 0 fully saturated rings. The third-order valence-corrected chi connectivity index (χ3v) is 1.22. The highest BCUT2D eigenvalue weighted by molar-refractivity contribution is 5.88. The largest absolute Gasteiger partial charge is 0.465 e. The number of rotatable bonds is 1. The molecule has 0 aliphatic rings. The fourth-order valence-electron chi connectivity index (χ4n) is 0.664. The van der Waals surface area contributed by atoms with Crippen molar-refractivity contribution in [1.29, 1.82) is 0 Å². The molecule has 1 aromatic rings. The molecule has 3 N–H and O–H groups in total. The van der Waals surface area contributed by atoms with Crippen molar-refractivity contribution in [3.05, 3.63) is 22.1 Å². The number of nitrogen functional groups attached to an aromatic ring is 1. The van der Waals surface area contributed by atoms with Gasteiger partial charge in [-0.3, -0.25) is 9.78 Å². The zero-order valence-corrected chi connectivity index (χ0v) is 6.33. The van der Waals surface area contributed by atoms with E-state index in [2.05, 4.69) is 14.7 Å².